The van der Waals surface area contributed by atoms with Gasteiger partial charge in [0, 0.05) is 11.8 Å². The fourth-order valence-electron chi connectivity index (χ4n) is 1.34. The van der Waals surface area contributed by atoms with Gasteiger partial charge in [0.2, 0.25) is 0 Å². The zero-order valence-electron chi connectivity index (χ0n) is 11.9. The maximum Gasteiger partial charge on any atom is 0.407 e. The fourth-order valence-corrected chi connectivity index (χ4v) is 1.34. The van der Waals surface area contributed by atoms with E-state index in [9.17, 15) is 4.79 Å². The topological polar surface area (TPSA) is 73.6 Å². The molecule has 0 radical (unpaired) electrons. The van der Waals surface area contributed by atoms with Gasteiger partial charge in [0.05, 0.1) is 6.54 Å². The smallest absolute Gasteiger partial charge is 0.407 e. The van der Waals surface area contributed by atoms with Crippen LogP contribution >= 0.6 is 0 Å². The molecule has 5 nitrogen and oxygen atoms in total. The van der Waals surface area contributed by atoms with Crippen LogP contribution in [-0.2, 0) is 4.74 Å². The largest absolute Gasteiger partial charge is 0.492 e. The number of benzene rings is 1. The summed E-state index contributed by atoms with van der Waals surface area (Å²) in [7, 11) is 0. The van der Waals surface area contributed by atoms with E-state index in [4.69, 9.17) is 15.2 Å². The van der Waals surface area contributed by atoms with Gasteiger partial charge in [-0.2, -0.15) is 0 Å². The second-order valence-corrected chi connectivity index (χ2v) is 5.30. The fraction of sp³-hybridized carbons (Fsp3) is 0.500. The van der Waals surface area contributed by atoms with Crippen LogP contribution in [0.2, 0.25) is 0 Å². The summed E-state index contributed by atoms with van der Waals surface area (Å²) in [4.78, 5) is 11.4. The van der Waals surface area contributed by atoms with Crippen molar-refractivity contribution in [3.05, 3.63) is 23.8 Å². The molecule has 5 heteroatoms. The van der Waals surface area contributed by atoms with Crippen molar-refractivity contribution in [1.29, 1.82) is 0 Å². The first-order valence-corrected chi connectivity index (χ1v) is 6.24. The molecule has 0 heterocycles. The average Bonchev–Trinajstić information content (AvgIpc) is 2.27. The number of carbonyl (C=O) groups excluding carboxylic acids is 1. The summed E-state index contributed by atoms with van der Waals surface area (Å²) < 4.78 is 10.6. The summed E-state index contributed by atoms with van der Waals surface area (Å²) in [6.07, 6.45) is -0.445. The Hall–Kier alpha value is -1.91. The van der Waals surface area contributed by atoms with Gasteiger partial charge in [0.15, 0.2) is 0 Å². The van der Waals surface area contributed by atoms with Gasteiger partial charge in [-0.05, 0) is 39.3 Å². The standard InChI is InChI=1S/C14H22N2O3/c1-10-5-6-11(9-12(10)15)18-8-7-16-13(17)19-14(2,3)4/h5-6,9H,7-8,15H2,1-4H3,(H,16,17). The van der Waals surface area contributed by atoms with Gasteiger partial charge in [-0.1, -0.05) is 6.07 Å². The van der Waals surface area contributed by atoms with Crippen LogP contribution in [0.1, 0.15) is 26.3 Å². The first-order valence-electron chi connectivity index (χ1n) is 6.24. The van der Waals surface area contributed by atoms with Crippen LogP contribution in [0.15, 0.2) is 18.2 Å². The molecule has 19 heavy (non-hydrogen) atoms. The summed E-state index contributed by atoms with van der Waals surface area (Å²) >= 11 is 0. The highest BCUT2D eigenvalue weighted by Crippen LogP contribution is 2.18. The average molecular weight is 266 g/mol. The van der Waals surface area contributed by atoms with E-state index in [1.54, 1.807) is 6.07 Å². The molecule has 0 fully saturated rings. The number of nitrogen functional groups attached to an aromatic ring is 1. The van der Waals surface area contributed by atoms with E-state index in [-0.39, 0.29) is 0 Å². The first-order chi connectivity index (χ1) is 8.78. The third kappa shape index (κ3) is 5.99. The molecule has 0 unspecified atom stereocenters. The molecule has 0 saturated carbocycles. The van der Waals surface area contributed by atoms with Crippen molar-refractivity contribution in [3.8, 4) is 5.75 Å². The van der Waals surface area contributed by atoms with E-state index >= 15 is 0 Å². The summed E-state index contributed by atoms with van der Waals surface area (Å²) in [6.45, 7) is 8.13. The van der Waals surface area contributed by atoms with Gasteiger partial charge in [-0.3, -0.25) is 0 Å². The number of aryl methyl sites for hydroxylation is 1. The van der Waals surface area contributed by atoms with Gasteiger partial charge < -0.3 is 20.5 Å². The van der Waals surface area contributed by atoms with Crippen molar-refractivity contribution < 1.29 is 14.3 Å². The maximum atomic E-state index is 11.4. The van der Waals surface area contributed by atoms with Gasteiger partial charge >= 0.3 is 6.09 Å². The molecular weight excluding hydrogens is 244 g/mol. The number of nitrogens with one attached hydrogen (secondary N) is 1. The molecule has 0 atom stereocenters. The van der Waals surface area contributed by atoms with Crippen LogP contribution in [0.3, 0.4) is 0 Å². The molecule has 1 rings (SSSR count). The molecule has 0 saturated heterocycles. The number of carbonyl (C=O) groups is 1. The van der Waals surface area contributed by atoms with Gasteiger partial charge in [-0.25, -0.2) is 4.79 Å². The van der Waals surface area contributed by atoms with Crippen LogP contribution in [0.5, 0.6) is 5.75 Å². The van der Waals surface area contributed by atoms with Crippen molar-refractivity contribution in [2.45, 2.75) is 33.3 Å². The molecule has 106 valence electrons. The number of anilines is 1. The minimum absolute atomic E-state index is 0.363. The highest BCUT2D eigenvalue weighted by Gasteiger charge is 2.15. The molecule has 0 aromatic heterocycles. The molecule has 0 aliphatic heterocycles. The van der Waals surface area contributed by atoms with Gasteiger partial charge in [0.1, 0.15) is 18.0 Å². The van der Waals surface area contributed by atoms with E-state index in [0.717, 1.165) is 5.56 Å². The number of ether oxygens (including phenoxy) is 2. The predicted molar refractivity (Wildman–Crippen MR) is 75.3 cm³/mol. The Kier molecular flexibility index (Phi) is 5.03. The second kappa shape index (κ2) is 6.31. The third-order valence-electron chi connectivity index (χ3n) is 2.29. The summed E-state index contributed by atoms with van der Waals surface area (Å²) in [5, 5.41) is 2.62. The SMILES string of the molecule is Cc1ccc(OCCNC(=O)OC(C)(C)C)cc1N. The van der Waals surface area contributed by atoms with Gasteiger partial charge in [0.25, 0.3) is 0 Å². The lowest BCUT2D eigenvalue weighted by Gasteiger charge is -2.19. The number of rotatable bonds is 4. The van der Waals surface area contributed by atoms with Crippen molar-refractivity contribution in [2.75, 3.05) is 18.9 Å². The summed E-state index contributed by atoms with van der Waals surface area (Å²) in [6, 6.07) is 5.51. The molecule has 0 spiro atoms. The van der Waals surface area contributed by atoms with E-state index in [2.05, 4.69) is 5.32 Å². The van der Waals surface area contributed by atoms with Crippen LogP contribution in [0.4, 0.5) is 10.5 Å². The second-order valence-electron chi connectivity index (χ2n) is 5.30. The lowest BCUT2D eigenvalue weighted by molar-refractivity contribution is 0.0520. The third-order valence-corrected chi connectivity index (χ3v) is 2.29. The number of hydrogen-bond acceptors (Lipinski definition) is 4. The van der Waals surface area contributed by atoms with Crippen LogP contribution in [-0.4, -0.2) is 24.8 Å². The lowest BCUT2D eigenvalue weighted by atomic mass is 10.2. The Balaban J connectivity index is 2.27. The Morgan fingerprint density at radius 3 is 2.63 bits per heavy atom. The van der Waals surface area contributed by atoms with Gasteiger partial charge in [-0.15, -0.1) is 0 Å². The minimum atomic E-state index is -0.490. The molecule has 0 aliphatic rings. The van der Waals surface area contributed by atoms with E-state index in [1.807, 2.05) is 39.8 Å². The summed E-state index contributed by atoms with van der Waals surface area (Å²) in [5.74, 6) is 0.689. The minimum Gasteiger partial charge on any atom is -0.492 e. The zero-order chi connectivity index (χ0) is 14.5. The number of alkyl carbamates (subject to hydrolysis) is 1. The van der Waals surface area contributed by atoms with Crippen molar-refractivity contribution in [1.82, 2.24) is 5.32 Å². The number of nitrogens with two attached hydrogens (primary N) is 1. The van der Waals surface area contributed by atoms with E-state index in [1.165, 1.54) is 0 Å². The zero-order valence-corrected chi connectivity index (χ0v) is 11.9. The van der Waals surface area contributed by atoms with Crippen LogP contribution in [0.25, 0.3) is 0 Å². The molecule has 1 aromatic carbocycles. The van der Waals surface area contributed by atoms with E-state index < -0.39 is 11.7 Å². The molecule has 0 bridgehead atoms. The normalized spacial score (nSPS) is 10.9. The molecule has 3 N–H and O–H groups in total. The lowest BCUT2D eigenvalue weighted by Crippen LogP contribution is -2.34. The highest BCUT2D eigenvalue weighted by molar-refractivity contribution is 5.67. The Morgan fingerprint density at radius 1 is 1.37 bits per heavy atom. The molecule has 0 aliphatic carbocycles. The van der Waals surface area contributed by atoms with Crippen LogP contribution < -0.4 is 15.8 Å². The van der Waals surface area contributed by atoms with Crippen molar-refractivity contribution >= 4 is 11.8 Å². The highest BCUT2D eigenvalue weighted by atomic mass is 16.6. The number of amides is 1. The Labute approximate surface area is 114 Å². The van der Waals surface area contributed by atoms with Crippen LogP contribution in [0, 0.1) is 6.92 Å². The molecular formula is C14H22N2O3. The van der Waals surface area contributed by atoms with E-state index in [0.29, 0.717) is 24.6 Å². The number of hydrogen-bond donors (Lipinski definition) is 2. The van der Waals surface area contributed by atoms with Crippen molar-refractivity contribution in [2.24, 2.45) is 0 Å². The monoisotopic (exact) mass is 266 g/mol. The Bertz CT molecular complexity index is 439. The van der Waals surface area contributed by atoms with Crippen molar-refractivity contribution in [3.63, 3.8) is 0 Å². The quantitative estimate of drug-likeness (QED) is 0.648. The Morgan fingerprint density at radius 2 is 2.05 bits per heavy atom. The molecule has 1 aromatic rings. The predicted octanol–water partition coefficient (Wildman–Crippen LogP) is 2.48. The first kappa shape index (κ1) is 15.1. The molecule has 1 amide bonds. The summed E-state index contributed by atoms with van der Waals surface area (Å²) in [5.41, 5.74) is 6.99. The maximum absolute atomic E-state index is 11.4.